The first-order valence-corrected chi connectivity index (χ1v) is 42.1. The largest absolute Gasteiger partial charge is 0.466 e. The fourth-order valence-electron chi connectivity index (χ4n) is 13.1. The fraction of sp³-hybridized carbons (Fsp3) is 0.862. The smallest absolute Gasteiger partial charge is 0.305 e. The molecule has 3 N–H and O–H groups in total. The first kappa shape index (κ1) is 90.6. The van der Waals surface area contributed by atoms with E-state index in [1.165, 1.54) is 372 Å². The van der Waals surface area contributed by atoms with Crippen molar-refractivity contribution in [2.24, 2.45) is 0 Å². The summed E-state index contributed by atoms with van der Waals surface area (Å²) in [6.07, 6.45) is 111. The molecule has 0 spiro atoms. The summed E-state index contributed by atoms with van der Waals surface area (Å²) in [5, 5.41) is 23.3. The number of carbonyl (C=O) groups excluding carboxylic acids is 2. The van der Waals surface area contributed by atoms with Gasteiger partial charge in [-0.05, 0) is 89.9 Å². The topological polar surface area (TPSA) is 95.9 Å². The van der Waals surface area contributed by atoms with Crippen molar-refractivity contribution < 1.29 is 24.5 Å². The van der Waals surface area contributed by atoms with Gasteiger partial charge in [-0.2, -0.15) is 0 Å². The van der Waals surface area contributed by atoms with E-state index in [2.05, 4.69) is 67.8 Å². The van der Waals surface area contributed by atoms with Gasteiger partial charge in [0.05, 0.1) is 25.4 Å². The molecule has 0 rings (SSSR count). The third-order valence-electron chi connectivity index (χ3n) is 19.5. The molecule has 546 valence electrons. The van der Waals surface area contributed by atoms with Crippen molar-refractivity contribution in [1.29, 1.82) is 0 Å². The average molecular weight is 1300 g/mol. The molecule has 0 heterocycles. The van der Waals surface area contributed by atoms with Gasteiger partial charge in [0.2, 0.25) is 5.91 Å². The van der Waals surface area contributed by atoms with Crippen molar-refractivity contribution in [1.82, 2.24) is 5.32 Å². The van der Waals surface area contributed by atoms with Gasteiger partial charge in [0, 0.05) is 12.8 Å². The molecule has 6 nitrogen and oxygen atoms in total. The predicted molar refractivity (Wildman–Crippen MR) is 412 cm³/mol. The first-order chi connectivity index (χ1) is 46.0. The zero-order valence-corrected chi connectivity index (χ0v) is 62.8. The molecule has 0 saturated heterocycles. The number of rotatable bonds is 79. The van der Waals surface area contributed by atoms with Crippen molar-refractivity contribution in [3.8, 4) is 0 Å². The Balaban J connectivity index is 3.39. The van der Waals surface area contributed by atoms with E-state index in [0.29, 0.717) is 19.4 Å². The molecule has 0 aromatic carbocycles. The minimum Gasteiger partial charge on any atom is -0.466 e. The third kappa shape index (κ3) is 78.4. The SMILES string of the molecule is CCCC/C=C\C/C=C\CCCCCCCC(=O)OCCCCCCCCCCCCCCC/C=C\C/C=C\CCCCCCCCCCCCCCCCCCCC(=O)NC(CO)C(O)/C=C/CCCCCCCCCCCCCCCCCCCCCCCCC. The average Bonchev–Trinajstić information content (AvgIpc) is 3.77. The fourth-order valence-corrected chi connectivity index (χ4v) is 13.1. The van der Waals surface area contributed by atoms with Crippen LogP contribution in [0.4, 0.5) is 0 Å². The lowest BCUT2D eigenvalue weighted by atomic mass is 10.0. The highest BCUT2D eigenvalue weighted by Crippen LogP contribution is 2.20. The molecule has 0 bridgehead atoms. The maximum atomic E-state index is 12.6. The molecule has 2 unspecified atom stereocenters. The lowest BCUT2D eigenvalue weighted by molar-refractivity contribution is -0.143. The van der Waals surface area contributed by atoms with Gasteiger partial charge in [0.1, 0.15) is 0 Å². The molecular formula is C87H163NO5. The lowest BCUT2D eigenvalue weighted by Gasteiger charge is -2.20. The molecule has 6 heteroatoms. The minimum atomic E-state index is -0.845. The quantitative estimate of drug-likeness (QED) is 0.0320. The maximum Gasteiger partial charge on any atom is 0.305 e. The molecule has 0 aromatic heterocycles. The second-order valence-corrected chi connectivity index (χ2v) is 28.8. The number of esters is 1. The Morgan fingerprint density at radius 1 is 0.301 bits per heavy atom. The summed E-state index contributed by atoms with van der Waals surface area (Å²) in [6.45, 7) is 4.90. The van der Waals surface area contributed by atoms with E-state index in [-0.39, 0.29) is 18.5 Å². The van der Waals surface area contributed by atoms with Crippen LogP contribution in [-0.4, -0.2) is 47.4 Å². The highest BCUT2D eigenvalue weighted by Gasteiger charge is 2.18. The molecule has 93 heavy (non-hydrogen) atoms. The van der Waals surface area contributed by atoms with Crippen LogP contribution in [0.3, 0.4) is 0 Å². The molecule has 0 radical (unpaired) electrons. The third-order valence-corrected chi connectivity index (χ3v) is 19.5. The predicted octanol–water partition coefficient (Wildman–Crippen LogP) is 28.1. The molecule has 1 amide bonds. The summed E-state index contributed by atoms with van der Waals surface area (Å²) in [7, 11) is 0. The van der Waals surface area contributed by atoms with Crippen molar-refractivity contribution >= 4 is 11.9 Å². The monoisotopic (exact) mass is 1300 g/mol. The number of ether oxygens (including phenoxy) is 1. The number of nitrogens with one attached hydrogen (secondary N) is 1. The Morgan fingerprint density at radius 2 is 0.548 bits per heavy atom. The zero-order valence-electron chi connectivity index (χ0n) is 62.8. The Hall–Kier alpha value is -2.44. The van der Waals surface area contributed by atoms with Crippen molar-refractivity contribution in [2.75, 3.05) is 13.2 Å². The van der Waals surface area contributed by atoms with Crippen LogP contribution in [-0.2, 0) is 14.3 Å². The van der Waals surface area contributed by atoms with E-state index in [1.807, 2.05) is 6.08 Å². The standard InChI is InChI=1S/C87H163NO5/c1-3-5-7-9-11-13-15-17-19-20-21-22-23-37-40-43-46-49-52-55-59-63-67-71-75-79-85(90)84(83-89)88-86(91)80-76-72-68-64-60-56-53-50-47-44-41-38-35-33-31-29-27-25-24-26-28-30-32-34-36-39-42-45-48-51-54-58-62-66-70-74-78-82-93-87(92)81-77-73-69-65-61-57-18-16-14-12-10-8-6-4-2/h10,12,16,18,24,26,30,32,75,79,84-85,89-90H,3-9,11,13-15,17,19-23,25,27-29,31,33-74,76-78,80-83H2,1-2H3,(H,88,91)/b12-10-,18-16-,26-24-,32-30-,79-75+. The highest BCUT2D eigenvalue weighted by atomic mass is 16.5. The number of carbonyl (C=O) groups is 2. The summed E-state index contributed by atoms with van der Waals surface area (Å²) >= 11 is 0. The van der Waals surface area contributed by atoms with E-state index in [9.17, 15) is 19.8 Å². The maximum absolute atomic E-state index is 12.6. The molecule has 2 atom stereocenters. The van der Waals surface area contributed by atoms with Crippen LogP contribution in [0.15, 0.2) is 60.8 Å². The second kappa shape index (κ2) is 82.0. The number of allylic oxidation sites excluding steroid dienone is 9. The molecular weight excluding hydrogens is 1140 g/mol. The van der Waals surface area contributed by atoms with Gasteiger partial charge in [0.15, 0.2) is 0 Å². The minimum absolute atomic E-state index is 0.00414. The Bertz CT molecular complexity index is 1600. The molecule has 0 aliphatic carbocycles. The van der Waals surface area contributed by atoms with Gasteiger partial charge >= 0.3 is 5.97 Å². The number of amides is 1. The van der Waals surface area contributed by atoms with Crippen LogP contribution in [0.2, 0.25) is 0 Å². The molecule has 0 fully saturated rings. The summed E-state index contributed by atoms with van der Waals surface area (Å²) in [5.74, 6) is -0.0563. The first-order valence-electron chi connectivity index (χ1n) is 42.1. The van der Waals surface area contributed by atoms with Crippen LogP contribution in [0, 0.1) is 0 Å². The van der Waals surface area contributed by atoms with Crippen LogP contribution in [0.1, 0.15) is 457 Å². The van der Waals surface area contributed by atoms with Crippen molar-refractivity contribution in [3.63, 3.8) is 0 Å². The second-order valence-electron chi connectivity index (χ2n) is 28.8. The number of unbranched alkanes of at least 4 members (excludes halogenated alkanes) is 60. The van der Waals surface area contributed by atoms with E-state index < -0.39 is 12.1 Å². The van der Waals surface area contributed by atoms with Gasteiger partial charge in [-0.15, -0.1) is 0 Å². The Morgan fingerprint density at radius 3 is 0.849 bits per heavy atom. The normalized spacial score (nSPS) is 12.8. The molecule has 0 aliphatic rings. The zero-order chi connectivity index (χ0) is 67.0. The van der Waals surface area contributed by atoms with Crippen molar-refractivity contribution in [2.45, 2.75) is 469 Å². The summed E-state index contributed by atoms with van der Waals surface area (Å²) in [5.41, 5.74) is 0. The number of aliphatic hydroxyl groups is 2. The number of hydrogen-bond donors (Lipinski definition) is 3. The Kier molecular flexibility index (Phi) is 79.8. The van der Waals surface area contributed by atoms with Gasteiger partial charge in [-0.25, -0.2) is 0 Å². The number of aliphatic hydroxyl groups excluding tert-OH is 2. The molecule has 0 saturated carbocycles. The molecule has 0 aliphatic heterocycles. The van der Waals surface area contributed by atoms with E-state index in [0.717, 1.165) is 57.8 Å². The summed E-state index contributed by atoms with van der Waals surface area (Å²) < 4.78 is 5.49. The van der Waals surface area contributed by atoms with E-state index >= 15 is 0 Å². The summed E-state index contributed by atoms with van der Waals surface area (Å²) in [6, 6.07) is -0.628. The van der Waals surface area contributed by atoms with Crippen LogP contribution in [0.25, 0.3) is 0 Å². The highest BCUT2D eigenvalue weighted by molar-refractivity contribution is 5.76. The van der Waals surface area contributed by atoms with E-state index in [1.54, 1.807) is 6.08 Å². The summed E-state index contributed by atoms with van der Waals surface area (Å²) in [4.78, 5) is 24.6. The molecule has 0 aromatic rings. The van der Waals surface area contributed by atoms with Gasteiger partial charge in [-0.3, -0.25) is 9.59 Å². The van der Waals surface area contributed by atoms with Gasteiger partial charge in [0.25, 0.3) is 0 Å². The van der Waals surface area contributed by atoms with Crippen LogP contribution < -0.4 is 5.32 Å². The van der Waals surface area contributed by atoms with Gasteiger partial charge in [-0.1, -0.05) is 415 Å². The van der Waals surface area contributed by atoms with E-state index in [4.69, 9.17) is 4.74 Å². The number of hydrogen-bond acceptors (Lipinski definition) is 5. The van der Waals surface area contributed by atoms with Crippen molar-refractivity contribution in [3.05, 3.63) is 60.8 Å². The van der Waals surface area contributed by atoms with Crippen LogP contribution >= 0.6 is 0 Å². The lowest BCUT2D eigenvalue weighted by Crippen LogP contribution is -2.45. The Labute approximate surface area is 581 Å². The van der Waals surface area contributed by atoms with Gasteiger partial charge < -0.3 is 20.3 Å². The van der Waals surface area contributed by atoms with Crippen LogP contribution in [0.5, 0.6) is 0 Å².